The second kappa shape index (κ2) is 3.62. The Kier molecular flexibility index (Phi) is 2.32. The van der Waals surface area contributed by atoms with Crippen LogP contribution in [0.15, 0.2) is 48.5 Å². The van der Waals surface area contributed by atoms with Crippen LogP contribution in [0.25, 0.3) is 11.1 Å². The average Bonchev–Trinajstić information content (AvgIpc) is 2.18. The molecule has 0 atom stereocenters. The highest BCUT2D eigenvalue weighted by Crippen LogP contribution is 2.20. The summed E-state index contributed by atoms with van der Waals surface area (Å²) >= 11 is 0. The van der Waals surface area contributed by atoms with Gasteiger partial charge in [-0.05, 0) is 30.2 Å². The molecule has 0 spiro atoms. The van der Waals surface area contributed by atoms with Crippen molar-refractivity contribution in [2.45, 2.75) is 6.92 Å². The predicted molar refractivity (Wildman–Crippen MR) is 56.6 cm³/mol. The number of hydrogen-bond donors (Lipinski definition) is 0. The second-order valence-corrected chi connectivity index (χ2v) is 3.38. The molecule has 0 aliphatic rings. The van der Waals surface area contributed by atoms with Gasteiger partial charge < -0.3 is 0 Å². The second-order valence-electron chi connectivity index (χ2n) is 3.38. The van der Waals surface area contributed by atoms with Gasteiger partial charge in [-0.1, -0.05) is 42.0 Å². The fourth-order valence-electron chi connectivity index (χ4n) is 1.49. The molecular weight excluding hydrogens is 175 g/mol. The molecule has 1 heteroatoms. The topological polar surface area (TPSA) is 0 Å². The van der Waals surface area contributed by atoms with Crippen LogP contribution < -0.4 is 0 Å². The van der Waals surface area contributed by atoms with Gasteiger partial charge in [-0.3, -0.25) is 0 Å². The first-order chi connectivity index (χ1) is 6.75. The van der Waals surface area contributed by atoms with E-state index in [0.29, 0.717) is 0 Å². The van der Waals surface area contributed by atoms with Gasteiger partial charge in [0.2, 0.25) is 0 Å². The Morgan fingerprint density at radius 2 is 1.50 bits per heavy atom. The SMILES string of the molecule is Cc1cccc(-c2cccc(F)c2)c1. The monoisotopic (exact) mass is 186 g/mol. The molecule has 0 fully saturated rings. The zero-order valence-electron chi connectivity index (χ0n) is 8.00. The van der Waals surface area contributed by atoms with Crippen LogP contribution in [-0.4, -0.2) is 0 Å². The van der Waals surface area contributed by atoms with Crippen LogP contribution in [0.4, 0.5) is 4.39 Å². The Labute approximate surface area is 83.0 Å². The van der Waals surface area contributed by atoms with E-state index < -0.39 is 0 Å². The Balaban J connectivity index is 2.49. The first-order valence-corrected chi connectivity index (χ1v) is 4.58. The van der Waals surface area contributed by atoms with Crippen molar-refractivity contribution in [3.63, 3.8) is 0 Å². The third-order valence-corrected chi connectivity index (χ3v) is 2.18. The zero-order chi connectivity index (χ0) is 9.97. The summed E-state index contributed by atoms with van der Waals surface area (Å²) < 4.78 is 13.0. The molecule has 0 saturated carbocycles. The van der Waals surface area contributed by atoms with E-state index in [0.717, 1.165) is 11.1 Å². The summed E-state index contributed by atoms with van der Waals surface area (Å²) in [5.41, 5.74) is 3.17. The standard InChI is InChI=1S/C13H11F/c1-10-4-2-5-11(8-10)12-6-3-7-13(14)9-12/h2-9H,1H3. The molecule has 0 aliphatic heterocycles. The highest BCUT2D eigenvalue weighted by Gasteiger charge is 1.98. The maximum Gasteiger partial charge on any atom is 0.123 e. The highest BCUT2D eigenvalue weighted by molar-refractivity contribution is 5.63. The third kappa shape index (κ3) is 1.82. The molecular formula is C13H11F. The fourth-order valence-corrected chi connectivity index (χ4v) is 1.49. The summed E-state index contributed by atoms with van der Waals surface area (Å²) in [5.74, 6) is -0.191. The number of rotatable bonds is 1. The normalized spacial score (nSPS) is 10.1. The minimum atomic E-state index is -0.191. The van der Waals surface area contributed by atoms with Crippen LogP contribution in [-0.2, 0) is 0 Å². The van der Waals surface area contributed by atoms with E-state index >= 15 is 0 Å². The number of halogens is 1. The van der Waals surface area contributed by atoms with E-state index in [1.54, 1.807) is 12.1 Å². The van der Waals surface area contributed by atoms with E-state index in [2.05, 4.69) is 6.07 Å². The van der Waals surface area contributed by atoms with Crippen molar-refractivity contribution in [3.05, 3.63) is 59.9 Å². The molecule has 0 radical (unpaired) electrons. The quantitative estimate of drug-likeness (QED) is 0.635. The molecule has 0 saturated heterocycles. The van der Waals surface area contributed by atoms with Gasteiger partial charge in [-0.2, -0.15) is 0 Å². The molecule has 70 valence electrons. The maximum absolute atomic E-state index is 13.0. The summed E-state index contributed by atoms with van der Waals surface area (Å²) in [6.45, 7) is 2.03. The molecule has 0 aliphatic carbocycles. The lowest BCUT2D eigenvalue weighted by molar-refractivity contribution is 0.628. The van der Waals surface area contributed by atoms with Gasteiger partial charge in [-0.15, -0.1) is 0 Å². The van der Waals surface area contributed by atoms with Crippen molar-refractivity contribution < 1.29 is 4.39 Å². The molecule has 2 aromatic carbocycles. The third-order valence-electron chi connectivity index (χ3n) is 2.18. The lowest BCUT2D eigenvalue weighted by atomic mass is 10.0. The van der Waals surface area contributed by atoms with Gasteiger partial charge in [-0.25, -0.2) is 4.39 Å². The summed E-state index contributed by atoms with van der Waals surface area (Å²) in [7, 11) is 0. The molecule has 2 aromatic rings. The molecule has 0 amide bonds. The minimum Gasteiger partial charge on any atom is -0.207 e. The lowest BCUT2D eigenvalue weighted by Gasteiger charge is -2.02. The van der Waals surface area contributed by atoms with Gasteiger partial charge in [0.1, 0.15) is 5.82 Å². The van der Waals surface area contributed by atoms with Crippen molar-refractivity contribution in [2.24, 2.45) is 0 Å². The van der Waals surface area contributed by atoms with Gasteiger partial charge >= 0.3 is 0 Å². The summed E-state index contributed by atoms with van der Waals surface area (Å²) in [5, 5.41) is 0. The highest BCUT2D eigenvalue weighted by atomic mass is 19.1. The number of aryl methyl sites for hydroxylation is 1. The number of hydrogen-bond acceptors (Lipinski definition) is 0. The van der Waals surface area contributed by atoms with Crippen LogP contribution in [0, 0.1) is 12.7 Å². The van der Waals surface area contributed by atoms with Gasteiger partial charge in [0.15, 0.2) is 0 Å². The van der Waals surface area contributed by atoms with Gasteiger partial charge in [0.05, 0.1) is 0 Å². The molecule has 14 heavy (non-hydrogen) atoms. The predicted octanol–water partition coefficient (Wildman–Crippen LogP) is 3.80. The summed E-state index contributed by atoms with van der Waals surface area (Å²) in [6.07, 6.45) is 0. The molecule has 2 rings (SSSR count). The average molecular weight is 186 g/mol. The van der Waals surface area contributed by atoms with E-state index in [4.69, 9.17) is 0 Å². The lowest BCUT2D eigenvalue weighted by Crippen LogP contribution is -1.80. The molecule has 0 unspecified atom stereocenters. The van der Waals surface area contributed by atoms with Crippen molar-refractivity contribution in [3.8, 4) is 11.1 Å². The van der Waals surface area contributed by atoms with Gasteiger partial charge in [0, 0.05) is 0 Å². The van der Waals surface area contributed by atoms with E-state index in [9.17, 15) is 4.39 Å². The minimum absolute atomic E-state index is 0.191. The van der Waals surface area contributed by atoms with Crippen molar-refractivity contribution in [2.75, 3.05) is 0 Å². The smallest absolute Gasteiger partial charge is 0.123 e. The van der Waals surface area contributed by atoms with Crippen molar-refractivity contribution >= 4 is 0 Å². The molecule has 0 bridgehead atoms. The van der Waals surface area contributed by atoms with E-state index in [1.165, 1.54) is 11.6 Å². The maximum atomic E-state index is 13.0. The molecule has 0 nitrogen and oxygen atoms in total. The fraction of sp³-hybridized carbons (Fsp3) is 0.0769. The van der Waals surface area contributed by atoms with Crippen LogP contribution in [0.1, 0.15) is 5.56 Å². The number of benzene rings is 2. The van der Waals surface area contributed by atoms with Crippen LogP contribution in [0.3, 0.4) is 0 Å². The first-order valence-electron chi connectivity index (χ1n) is 4.58. The first kappa shape index (κ1) is 8.95. The largest absolute Gasteiger partial charge is 0.207 e. The molecule has 0 aromatic heterocycles. The Bertz CT molecular complexity index is 403. The zero-order valence-corrected chi connectivity index (χ0v) is 8.00. The Morgan fingerprint density at radius 1 is 0.857 bits per heavy atom. The summed E-state index contributed by atoms with van der Waals surface area (Å²) in [6, 6.07) is 14.7. The molecule has 0 N–H and O–H groups in total. The van der Waals surface area contributed by atoms with E-state index in [1.807, 2.05) is 31.2 Å². The Hall–Kier alpha value is -1.63. The van der Waals surface area contributed by atoms with E-state index in [-0.39, 0.29) is 5.82 Å². The van der Waals surface area contributed by atoms with Crippen LogP contribution in [0.5, 0.6) is 0 Å². The van der Waals surface area contributed by atoms with Gasteiger partial charge in [0.25, 0.3) is 0 Å². The molecule has 0 heterocycles. The van der Waals surface area contributed by atoms with Crippen LogP contribution in [0.2, 0.25) is 0 Å². The Morgan fingerprint density at radius 3 is 2.14 bits per heavy atom. The summed E-state index contributed by atoms with van der Waals surface area (Å²) in [4.78, 5) is 0. The van der Waals surface area contributed by atoms with Crippen molar-refractivity contribution in [1.29, 1.82) is 0 Å². The van der Waals surface area contributed by atoms with Crippen molar-refractivity contribution in [1.82, 2.24) is 0 Å². The van der Waals surface area contributed by atoms with Crippen LogP contribution >= 0.6 is 0 Å².